The number of carbonyl (C=O) groups is 2. The number of aliphatic carboxylic acids is 1. The number of ether oxygens (including phenoxy) is 1. The molecular weight excluding hydrogens is 222 g/mol. The van der Waals surface area contributed by atoms with Crippen molar-refractivity contribution in [1.82, 2.24) is 5.32 Å². The lowest BCUT2D eigenvalue weighted by Crippen LogP contribution is -2.40. The highest BCUT2D eigenvalue weighted by Gasteiger charge is 2.21. The highest BCUT2D eigenvalue weighted by atomic mass is 16.5. The van der Waals surface area contributed by atoms with Crippen LogP contribution >= 0.6 is 0 Å². The average Bonchev–Trinajstić information content (AvgIpc) is 2.29. The van der Waals surface area contributed by atoms with Crippen LogP contribution in [0.5, 0.6) is 0 Å². The molecule has 0 bridgehead atoms. The van der Waals surface area contributed by atoms with Crippen LogP contribution in [0.1, 0.15) is 39.0 Å². The second-order valence-electron chi connectivity index (χ2n) is 4.55. The van der Waals surface area contributed by atoms with Gasteiger partial charge in [-0.25, -0.2) is 0 Å². The van der Waals surface area contributed by atoms with Gasteiger partial charge in [0.05, 0.1) is 0 Å². The van der Waals surface area contributed by atoms with Crippen LogP contribution in [0, 0.1) is 5.92 Å². The predicted molar refractivity (Wildman–Crippen MR) is 62.6 cm³/mol. The fourth-order valence-electron chi connectivity index (χ4n) is 2.06. The second-order valence-corrected chi connectivity index (χ2v) is 4.55. The van der Waals surface area contributed by atoms with Gasteiger partial charge in [0.15, 0.2) is 0 Å². The third kappa shape index (κ3) is 5.68. The number of rotatable bonds is 6. The van der Waals surface area contributed by atoms with E-state index in [1.807, 2.05) is 6.92 Å². The molecule has 5 heteroatoms. The van der Waals surface area contributed by atoms with E-state index in [-0.39, 0.29) is 18.4 Å². The monoisotopic (exact) mass is 243 g/mol. The van der Waals surface area contributed by atoms with E-state index in [2.05, 4.69) is 5.32 Å². The minimum Gasteiger partial charge on any atom is -0.481 e. The van der Waals surface area contributed by atoms with Crippen LogP contribution in [0.2, 0.25) is 0 Å². The maximum atomic E-state index is 11.5. The Kier molecular flexibility index (Phi) is 5.97. The number of carbonyl (C=O) groups excluding carboxylic acids is 1. The van der Waals surface area contributed by atoms with Gasteiger partial charge >= 0.3 is 5.97 Å². The van der Waals surface area contributed by atoms with Crippen molar-refractivity contribution in [3.05, 3.63) is 0 Å². The van der Waals surface area contributed by atoms with Crippen molar-refractivity contribution in [3.8, 4) is 0 Å². The summed E-state index contributed by atoms with van der Waals surface area (Å²) in [6.45, 7) is 3.54. The lowest BCUT2D eigenvalue weighted by molar-refractivity contribution is -0.137. The van der Waals surface area contributed by atoms with Gasteiger partial charge < -0.3 is 15.2 Å². The Hall–Kier alpha value is -1.10. The summed E-state index contributed by atoms with van der Waals surface area (Å²) < 4.78 is 5.27. The zero-order chi connectivity index (χ0) is 12.7. The van der Waals surface area contributed by atoms with Crippen molar-refractivity contribution < 1.29 is 19.4 Å². The SMILES string of the molecule is CC(NC(=O)CCCC(=O)O)C1CCOCC1. The standard InChI is InChI=1S/C12H21NO4/c1-9(10-5-7-17-8-6-10)13-11(14)3-2-4-12(15)16/h9-10H,2-8H2,1H3,(H,13,14)(H,15,16). The van der Waals surface area contributed by atoms with Gasteiger partial charge in [0, 0.05) is 32.1 Å². The molecule has 0 aromatic rings. The van der Waals surface area contributed by atoms with Crippen molar-refractivity contribution in [2.45, 2.75) is 45.1 Å². The van der Waals surface area contributed by atoms with E-state index in [4.69, 9.17) is 9.84 Å². The molecule has 1 fully saturated rings. The van der Waals surface area contributed by atoms with E-state index in [0.717, 1.165) is 26.1 Å². The zero-order valence-electron chi connectivity index (χ0n) is 10.3. The molecule has 1 atom stereocenters. The molecule has 1 amide bonds. The molecule has 0 aromatic carbocycles. The first-order chi connectivity index (χ1) is 8.09. The maximum Gasteiger partial charge on any atom is 0.303 e. The summed E-state index contributed by atoms with van der Waals surface area (Å²) in [5, 5.41) is 11.4. The number of hydrogen-bond donors (Lipinski definition) is 2. The first kappa shape index (κ1) is 14.0. The van der Waals surface area contributed by atoms with Gasteiger partial charge in [0.25, 0.3) is 0 Å². The lowest BCUT2D eigenvalue weighted by Gasteiger charge is -2.28. The van der Waals surface area contributed by atoms with Gasteiger partial charge in [0.1, 0.15) is 0 Å². The molecule has 0 aromatic heterocycles. The van der Waals surface area contributed by atoms with E-state index in [1.54, 1.807) is 0 Å². The fraction of sp³-hybridized carbons (Fsp3) is 0.833. The Morgan fingerprint density at radius 3 is 2.59 bits per heavy atom. The molecule has 1 heterocycles. The van der Waals surface area contributed by atoms with Crippen molar-refractivity contribution in [2.24, 2.45) is 5.92 Å². The summed E-state index contributed by atoms with van der Waals surface area (Å²) in [6, 6.07) is 0.149. The molecule has 17 heavy (non-hydrogen) atoms. The van der Waals surface area contributed by atoms with Gasteiger partial charge in [-0.3, -0.25) is 9.59 Å². The smallest absolute Gasteiger partial charge is 0.303 e. The number of nitrogens with one attached hydrogen (secondary N) is 1. The summed E-state index contributed by atoms with van der Waals surface area (Å²) in [5.41, 5.74) is 0. The largest absolute Gasteiger partial charge is 0.481 e. The molecule has 1 saturated heterocycles. The second kappa shape index (κ2) is 7.27. The van der Waals surface area contributed by atoms with Gasteiger partial charge in [-0.2, -0.15) is 0 Å². The quantitative estimate of drug-likeness (QED) is 0.734. The van der Waals surface area contributed by atoms with Crippen molar-refractivity contribution >= 4 is 11.9 Å². The molecule has 0 radical (unpaired) electrons. The Morgan fingerprint density at radius 1 is 1.35 bits per heavy atom. The molecule has 1 aliphatic rings. The first-order valence-corrected chi connectivity index (χ1v) is 6.18. The van der Waals surface area contributed by atoms with Crippen LogP contribution in [0.3, 0.4) is 0 Å². The van der Waals surface area contributed by atoms with E-state index >= 15 is 0 Å². The van der Waals surface area contributed by atoms with Gasteiger partial charge in [-0.1, -0.05) is 0 Å². The van der Waals surface area contributed by atoms with E-state index < -0.39 is 5.97 Å². The number of hydrogen-bond acceptors (Lipinski definition) is 3. The third-order valence-electron chi connectivity index (χ3n) is 3.16. The molecule has 98 valence electrons. The average molecular weight is 243 g/mol. The molecule has 0 saturated carbocycles. The fourth-order valence-corrected chi connectivity index (χ4v) is 2.06. The van der Waals surface area contributed by atoms with Crippen molar-refractivity contribution in [1.29, 1.82) is 0 Å². The van der Waals surface area contributed by atoms with Gasteiger partial charge in [-0.05, 0) is 32.1 Å². The zero-order valence-corrected chi connectivity index (χ0v) is 10.3. The van der Waals surface area contributed by atoms with Crippen LogP contribution in [0.15, 0.2) is 0 Å². The Labute approximate surface area is 102 Å². The van der Waals surface area contributed by atoms with Crippen molar-refractivity contribution in [3.63, 3.8) is 0 Å². The molecule has 5 nitrogen and oxygen atoms in total. The van der Waals surface area contributed by atoms with Crippen LogP contribution in [0.25, 0.3) is 0 Å². The normalized spacial score (nSPS) is 18.6. The van der Waals surface area contributed by atoms with E-state index in [9.17, 15) is 9.59 Å². The summed E-state index contributed by atoms with van der Waals surface area (Å²) in [7, 11) is 0. The molecular formula is C12H21NO4. The summed E-state index contributed by atoms with van der Waals surface area (Å²) in [4.78, 5) is 21.8. The molecule has 1 rings (SSSR count). The molecule has 2 N–H and O–H groups in total. The summed E-state index contributed by atoms with van der Waals surface area (Å²) >= 11 is 0. The van der Waals surface area contributed by atoms with E-state index in [1.165, 1.54) is 0 Å². The summed E-state index contributed by atoms with van der Waals surface area (Å²) in [6.07, 6.45) is 2.72. The van der Waals surface area contributed by atoms with Crippen LogP contribution < -0.4 is 5.32 Å². The van der Waals surface area contributed by atoms with Crippen LogP contribution in [-0.4, -0.2) is 36.2 Å². The Balaban J connectivity index is 2.18. The van der Waals surface area contributed by atoms with Crippen LogP contribution in [0.4, 0.5) is 0 Å². The minimum atomic E-state index is -0.852. The molecule has 0 aliphatic carbocycles. The molecule has 1 aliphatic heterocycles. The predicted octanol–water partition coefficient (Wildman–Crippen LogP) is 1.17. The lowest BCUT2D eigenvalue weighted by atomic mass is 9.93. The molecule has 1 unspecified atom stereocenters. The number of carboxylic acid groups (broad SMARTS) is 1. The maximum absolute atomic E-state index is 11.5. The van der Waals surface area contributed by atoms with Gasteiger partial charge in [-0.15, -0.1) is 0 Å². The highest BCUT2D eigenvalue weighted by Crippen LogP contribution is 2.18. The minimum absolute atomic E-state index is 0.0507. The van der Waals surface area contributed by atoms with Crippen molar-refractivity contribution in [2.75, 3.05) is 13.2 Å². The Bertz CT molecular complexity index is 261. The third-order valence-corrected chi connectivity index (χ3v) is 3.16. The highest BCUT2D eigenvalue weighted by molar-refractivity contribution is 5.77. The number of amides is 1. The topological polar surface area (TPSA) is 75.6 Å². The summed E-state index contributed by atoms with van der Waals surface area (Å²) in [5.74, 6) is -0.423. The van der Waals surface area contributed by atoms with E-state index in [0.29, 0.717) is 18.8 Å². The first-order valence-electron chi connectivity index (χ1n) is 6.18. The van der Waals surface area contributed by atoms with Crippen LogP contribution in [-0.2, 0) is 14.3 Å². The molecule has 0 spiro atoms. The number of carboxylic acids is 1. The Morgan fingerprint density at radius 2 is 2.00 bits per heavy atom. The van der Waals surface area contributed by atoms with Gasteiger partial charge in [0.2, 0.25) is 5.91 Å².